The van der Waals surface area contributed by atoms with Crippen LogP contribution in [0.4, 0.5) is 4.39 Å². The maximum Gasteiger partial charge on any atom is 0.268 e. The molecule has 0 unspecified atom stereocenters. The van der Waals surface area contributed by atoms with Crippen LogP contribution in [-0.2, 0) is 17.8 Å². The van der Waals surface area contributed by atoms with Crippen LogP contribution in [0.2, 0.25) is 0 Å². The predicted octanol–water partition coefficient (Wildman–Crippen LogP) is 2.75. The van der Waals surface area contributed by atoms with Gasteiger partial charge in [0.25, 0.3) is 11.5 Å². The van der Waals surface area contributed by atoms with E-state index in [4.69, 9.17) is 0 Å². The molecule has 0 radical (unpaired) electrons. The van der Waals surface area contributed by atoms with Gasteiger partial charge in [-0.3, -0.25) is 19.0 Å². The molecule has 0 spiro atoms. The van der Waals surface area contributed by atoms with Gasteiger partial charge in [0.2, 0.25) is 5.91 Å². The average Bonchev–Trinajstić information content (AvgIpc) is 3.72. The number of carbonyl (C=O) groups excluding carboxylic acids is 2. The van der Waals surface area contributed by atoms with Crippen molar-refractivity contribution in [3.63, 3.8) is 0 Å². The van der Waals surface area contributed by atoms with Crippen LogP contribution in [-0.4, -0.2) is 45.8 Å². The summed E-state index contributed by atoms with van der Waals surface area (Å²) in [6.07, 6.45) is 6.24. The molecule has 6 rings (SSSR count). The zero-order valence-electron chi connectivity index (χ0n) is 17.9. The van der Waals surface area contributed by atoms with Crippen molar-refractivity contribution in [2.24, 2.45) is 17.8 Å². The number of benzene rings is 1. The Morgan fingerprint density at radius 2 is 1.75 bits per heavy atom. The standard InChI is InChI=1S/C25H26FN3O3/c26-19-3-5-20(6-4-19)29-14-18-13-27(22(30)9-15-1-2-15)8-7-21(18)23(25(29)32)24(31)28-11-16-10-17(16)12-28/h3-6,14-17H,1-2,7-13H2/t16-,17+. The van der Waals surface area contributed by atoms with E-state index in [9.17, 15) is 18.8 Å². The van der Waals surface area contributed by atoms with Crippen molar-refractivity contribution >= 4 is 11.8 Å². The molecule has 1 aromatic heterocycles. The third kappa shape index (κ3) is 3.44. The Morgan fingerprint density at radius 3 is 2.44 bits per heavy atom. The first-order valence-electron chi connectivity index (χ1n) is 11.6. The molecular weight excluding hydrogens is 409 g/mol. The van der Waals surface area contributed by atoms with E-state index in [1.54, 1.807) is 18.3 Å². The normalized spacial score (nSPS) is 23.7. The number of likely N-dealkylation sites (tertiary alicyclic amines) is 1. The molecular formula is C25H26FN3O3. The number of carbonyl (C=O) groups is 2. The molecule has 2 aliphatic heterocycles. The highest BCUT2D eigenvalue weighted by Crippen LogP contribution is 2.45. The SMILES string of the molecule is O=C(CC1CC1)N1CCc2c(cn(-c3ccc(F)cc3)c(=O)c2C(=O)N2C[C@H]3C[C@H]3C2)C1. The molecule has 2 amide bonds. The molecule has 4 aliphatic rings. The molecule has 166 valence electrons. The molecule has 32 heavy (non-hydrogen) atoms. The second-order valence-electron chi connectivity index (χ2n) is 9.84. The van der Waals surface area contributed by atoms with Gasteiger partial charge < -0.3 is 9.80 Å². The highest BCUT2D eigenvalue weighted by Gasteiger charge is 2.47. The van der Waals surface area contributed by atoms with Gasteiger partial charge in [-0.05, 0) is 78.8 Å². The number of aromatic nitrogens is 1. The monoisotopic (exact) mass is 435 g/mol. The number of pyridine rings is 1. The van der Waals surface area contributed by atoms with Gasteiger partial charge in [-0.1, -0.05) is 0 Å². The van der Waals surface area contributed by atoms with Crippen LogP contribution in [0.25, 0.3) is 5.69 Å². The Bertz CT molecular complexity index is 1160. The summed E-state index contributed by atoms with van der Waals surface area (Å²) >= 11 is 0. The zero-order valence-corrected chi connectivity index (χ0v) is 17.9. The minimum Gasteiger partial charge on any atom is -0.338 e. The molecule has 3 fully saturated rings. The summed E-state index contributed by atoms with van der Waals surface area (Å²) < 4.78 is 14.9. The van der Waals surface area contributed by atoms with Crippen LogP contribution < -0.4 is 5.56 Å². The van der Waals surface area contributed by atoms with Gasteiger partial charge in [0, 0.05) is 44.5 Å². The number of piperidine rings is 1. The van der Waals surface area contributed by atoms with Crippen LogP contribution in [0.1, 0.15) is 47.2 Å². The van der Waals surface area contributed by atoms with Gasteiger partial charge in [-0.25, -0.2) is 4.39 Å². The Labute approximate surface area is 185 Å². The highest BCUT2D eigenvalue weighted by molar-refractivity contribution is 5.96. The number of halogens is 1. The number of nitrogens with zero attached hydrogens (tertiary/aromatic N) is 3. The first kappa shape index (κ1) is 19.7. The Morgan fingerprint density at radius 1 is 1.03 bits per heavy atom. The minimum absolute atomic E-state index is 0.144. The minimum atomic E-state index is -0.385. The lowest BCUT2D eigenvalue weighted by Crippen LogP contribution is -2.42. The highest BCUT2D eigenvalue weighted by atomic mass is 19.1. The molecule has 6 nitrogen and oxygen atoms in total. The van der Waals surface area contributed by atoms with Gasteiger partial charge in [-0.15, -0.1) is 0 Å². The fourth-order valence-corrected chi connectivity index (χ4v) is 5.30. The second-order valence-corrected chi connectivity index (χ2v) is 9.84. The molecule has 3 heterocycles. The Hall–Kier alpha value is -2.96. The molecule has 1 saturated heterocycles. The summed E-state index contributed by atoms with van der Waals surface area (Å²) in [4.78, 5) is 43.4. The van der Waals surface area contributed by atoms with Crippen LogP contribution in [0.15, 0.2) is 35.3 Å². The number of hydrogen-bond donors (Lipinski definition) is 0. The van der Waals surface area contributed by atoms with Crippen molar-refractivity contribution in [3.8, 4) is 5.69 Å². The summed E-state index contributed by atoms with van der Waals surface area (Å²) in [5.74, 6) is 1.22. The van der Waals surface area contributed by atoms with Gasteiger partial charge in [0.05, 0.1) is 0 Å². The second kappa shape index (κ2) is 7.29. The third-order valence-electron chi connectivity index (χ3n) is 7.50. The van der Waals surface area contributed by atoms with Crippen LogP contribution in [0.3, 0.4) is 0 Å². The number of fused-ring (bicyclic) bond motifs is 2. The lowest BCUT2D eigenvalue weighted by molar-refractivity contribution is -0.132. The molecule has 0 N–H and O–H groups in total. The average molecular weight is 435 g/mol. The van der Waals surface area contributed by atoms with Crippen LogP contribution in [0.5, 0.6) is 0 Å². The largest absolute Gasteiger partial charge is 0.338 e. The number of rotatable bonds is 4. The maximum atomic E-state index is 13.5. The van der Waals surface area contributed by atoms with E-state index < -0.39 is 0 Å². The summed E-state index contributed by atoms with van der Waals surface area (Å²) in [5, 5.41) is 0. The van der Waals surface area contributed by atoms with E-state index in [0.717, 1.165) is 37.1 Å². The van der Waals surface area contributed by atoms with E-state index in [1.807, 2.05) is 9.80 Å². The number of amides is 2. The van der Waals surface area contributed by atoms with Gasteiger partial charge in [-0.2, -0.15) is 0 Å². The van der Waals surface area contributed by atoms with Crippen molar-refractivity contribution in [1.82, 2.24) is 14.4 Å². The smallest absolute Gasteiger partial charge is 0.268 e. The number of hydrogen-bond acceptors (Lipinski definition) is 3. The van der Waals surface area contributed by atoms with Gasteiger partial charge in [0.15, 0.2) is 0 Å². The lowest BCUT2D eigenvalue weighted by atomic mass is 9.95. The molecule has 7 heteroatoms. The molecule has 2 atom stereocenters. The van der Waals surface area contributed by atoms with E-state index in [0.29, 0.717) is 49.4 Å². The first-order chi connectivity index (χ1) is 15.5. The van der Waals surface area contributed by atoms with Gasteiger partial charge in [0.1, 0.15) is 11.4 Å². The van der Waals surface area contributed by atoms with Crippen molar-refractivity contribution in [3.05, 3.63) is 63.3 Å². The van der Waals surface area contributed by atoms with Gasteiger partial charge >= 0.3 is 0 Å². The summed E-state index contributed by atoms with van der Waals surface area (Å²) in [5.41, 5.74) is 1.98. The molecule has 2 saturated carbocycles. The topological polar surface area (TPSA) is 62.6 Å². The van der Waals surface area contributed by atoms with Crippen LogP contribution >= 0.6 is 0 Å². The fraction of sp³-hybridized carbons (Fsp3) is 0.480. The lowest BCUT2D eigenvalue weighted by Gasteiger charge is -2.31. The van der Waals surface area contributed by atoms with E-state index in [-0.39, 0.29) is 28.8 Å². The summed E-state index contributed by atoms with van der Waals surface area (Å²) in [6, 6.07) is 5.70. The molecule has 0 bridgehead atoms. The Balaban J connectivity index is 1.40. The maximum absolute atomic E-state index is 13.5. The van der Waals surface area contributed by atoms with E-state index >= 15 is 0 Å². The molecule has 1 aromatic carbocycles. The molecule has 2 aliphatic carbocycles. The van der Waals surface area contributed by atoms with Crippen molar-refractivity contribution in [2.45, 2.75) is 38.6 Å². The quantitative estimate of drug-likeness (QED) is 0.742. The van der Waals surface area contributed by atoms with Crippen molar-refractivity contribution in [1.29, 1.82) is 0 Å². The third-order valence-corrected chi connectivity index (χ3v) is 7.50. The van der Waals surface area contributed by atoms with E-state index in [1.165, 1.54) is 23.1 Å². The van der Waals surface area contributed by atoms with Crippen molar-refractivity contribution in [2.75, 3.05) is 19.6 Å². The van der Waals surface area contributed by atoms with E-state index in [2.05, 4.69) is 0 Å². The predicted molar refractivity (Wildman–Crippen MR) is 116 cm³/mol. The molecule has 2 aromatic rings. The first-order valence-corrected chi connectivity index (χ1v) is 11.6. The summed E-state index contributed by atoms with van der Waals surface area (Å²) in [7, 11) is 0. The van der Waals surface area contributed by atoms with Crippen LogP contribution in [0, 0.1) is 23.6 Å². The zero-order chi connectivity index (χ0) is 22.0. The Kier molecular flexibility index (Phi) is 4.49. The summed E-state index contributed by atoms with van der Waals surface area (Å²) in [6.45, 7) is 2.36. The van der Waals surface area contributed by atoms with Crippen molar-refractivity contribution < 1.29 is 14.0 Å². The fourth-order valence-electron chi connectivity index (χ4n) is 5.30.